The van der Waals surface area contributed by atoms with Gasteiger partial charge in [-0.05, 0) is 76.1 Å². The predicted octanol–water partition coefficient (Wildman–Crippen LogP) is 4.76. The maximum Gasteiger partial charge on any atom is 0.343 e. The Labute approximate surface area is 201 Å². The molecule has 3 aromatic rings. The third-order valence-corrected chi connectivity index (χ3v) is 4.91. The largest absolute Gasteiger partial charge is 0.483 e. The van der Waals surface area contributed by atoms with Crippen molar-refractivity contribution in [1.82, 2.24) is 5.43 Å². The van der Waals surface area contributed by atoms with Crippen LogP contribution in [0.4, 0.5) is 5.69 Å². The van der Waals surface area contributed by atoms with Gasteiger partial charge in [-0.2, -0.15) is 5.10 Å². The van der Waals surface area contributed by atoms with Crippen LogP contribution in [-0.4, -0.2) is 29.6 Å². The summed E-state index contributed by atoms with van der Waals surface area (Å²) in [6.07, 6.45) is 1.41. The van der Waals surface area contributed by atoms with Crippen molar-refractivity contribution >= 4 is 51.3 Å². The Hall–Kier alpha value is -3.76. The molecule has 1 amide bonds. The summed E-state index contributed by atoms with van der Waals surface area (Å²) in [5.41, 5.74) is 3.05. The van der Waals surface area contributed by atoms with Gasteiger partial charge < -0.3 is 9.47 Å². The zero-order chi connectivity index (χ0) is 23.8. The van der Waals surface area contributed by atoms with Crippen LogP contribution in [0.5, 0.6) is 11.5 Å². The highest BCUT2D eigenvalue weighted by molar-refractivity contribution is 9.10. The van der Waals surface area contributed by atoms with Gasteiger partial charge in [0.2, 0.25) is 0 Å². The molecule has 0 bridgehead atoms. The summed E-state index contributed by atoms with van der Waals surface area (Å²) >= 11 is 9.15. The quantitative estimate of drug-likeness (QED) is 0.147. The summed E-state index contributed by atoms with van der Waals surface area (Å²) in [6, 6.07) is 16.4. The predicted molar refractivity (Wildman–Crippen MR) is 125 cm³/mol. The molecule has 0 unspecified atom stereocenters. The first-order valence-electron chi connectivity index (χ1n) is 9.28. The van der Waals surface area contributed by atoms with Crippen molar-refractivity contribution in [3.63, 3.8) is 0 Å². The number of non-ortho nitro benzene ring substituents is 1. The standard InChI is InChI=1S/C22H15BrClN3O6/c23-19-11-16(24)5-10-20(19)32-13-21(28)26-25-12-14-1-8-18(9-2-14)33-22(29)15-3-6-17(7-4-15)27(30)31/h1-12H,13H2,(H,26,28)/b25-12-. The molecular formula is C22H15BrClN3O6. The molecule has 0 fully saturated rings. The fourth-order valence-electron chi connectivity index (χ4n) is 2.45. The van der Waals surface area contributed by atoms with E-state index in [0.717, 1.165) is 0 Å². The number of carbonyl (C=O) groups excluding carboxylic acids is 2. The second kappa shape index (κ2) is 11.2. The molecule has 11 heteroatoms. The Balaban J connectivity index is 1.47. The SMILES string of the molecule is O=C(COc1ccc(Cl)cc1Br)N/N=C\c1ccc(OC(=O)c2ccc([N+](=O)[O-])cc2)cc1. The van der Waals surface area contributed by atoms with Gasteiger partial charge in [0.05, 0.1) is 21.2 Å². The van der Waals surface area contributed by atoms with Crippen molar-refractivity contribution in [1.29, 1.82) is 0 Å². The van der Waals surface area contributed by atoms with Crippen LogP contribution >= 0.6 is 27.5 Å². The minimum atomic E-state index is -0.647. The number of nitrogens with one attached hydrogen (secondary N) is 1. The Kier molecular flexibility index (Phi) is 8.11. The van der Waals surface area contributed by atoms with E-state index >= 15 is 0 Å². The normalized spacial score (nSPS) is 10.6. The number of hydrogen-bond donors (Lipinski definition) is 1. The highest BCUT2D eigenvalue weighted by Gasteiger charge is 2.11. The summed E-state index contributed by atoms with van der Waals surface area (Å²) in [7, 11) is 0. The van der Waals surface area contributed by atoms with Crippen LogP contribution in [0.1, 0.15) is 15.9 Å². The molecule has 0 radical (unpaired) electrons. The smallest absolute Gasteiger partial charge is 0.343 e. The topological polar surface area (TPSA) is 120 Å². The molecule has 0 aliphatic carbocycles. The number of esters is 1. The van der Waals surface area contributed by atoms with E-state index in [9.17, 15) is 19.7 Å². The van der Waals surface area contributed by atoms with Gasteiger partial charge in [-0.15, -0.1) is 0 Å². The van der Waals surface area contributed by atoms with Gasteiger partial charge in [-0.25, -0.2) is 10.2 Å². The fourth-order valence-corrected chi connectivity index (χ4v) is 3.25. The Morgan fingerprint density at radius 3 is 2.42 bits per heavy atom. The number of nitrogens with zero attached hydrogens (tertiary/aromatic N) is 2. The molecular weight excluding hydrogens is 518 g/mol. The fraction of sp³-hybridized carbons (Fsp3) is 0.0455. The van der Waals surface area contributed by atoms with Gasteiger partial charge in [-0.3, -0.25) is 14.9 Å². The van der Waals surface area contributed by atoms with Gasteiger partial charge in [0, 0.05) is 17.2 Å². The molecule has 0 aliphatic rings. The van der Waals surface area contributed by atoms with Crippen LogP contribution < -0.4 is 14.9 Å². The Bertz CT molecular complexity index is 1200. The van der Waals surface area contributed by atoms with E-state index in [1.807, 2.05) is 0 Å². The third kappa shape index (κ3) is 7.13. The minimum absolute atomic E-state index is 0.119. The molecule has 9 nitrogen and oxygen atoms in total. The maximum absolute atomic E-state index is 12.1. The number of hydrazone groups is 1. The lowest BCUT2D eigenvalue weighted by atomic mass is 10.2. The molecule has 3 rings (SSSR count). The van der Waals surface area contributed by atoms with E-state index < -0.39 is 16.8 Å². The van der Waals surface area contributed by atoms with Gasteiger partial charge in [-0.1, -0.05) is 11.6 Å². The molecule has 0 aliphatic heterocycles. The molecule has 1 N–H and O–H groups in total. The van der Waals surface area contributed by atoms with Crippen molar-refractivity contribution in [2.45, 2.75) is 0 Å². The number of nitro benzene ring substituents is 1. The number of ether oxygens (including phenoxy) is 2. The van der Waals surface area contributed by atoms with Gasteiger partial charge >= 0.3 is 5.97 Å². The second-order valence-corrected chi connectivity index (χ2v) is 7.71. The van der Waals surface area contributed by atoms with E-state index in [4.69, 9.17) is 21.1 Å². The van der Waals surface area contributed by atoms with Crippen molar-refractivity contribution < 1.29 is 24.0 Å². The number of halogens is 2. The maximum atomic E-state index is 12.1. The summed E-state index contributed by atoms with van der Waals surface area (Å²) < 4.78 is 11.3. The van der Waals surface area contributed by atoms with Crippen LogP contribution in [0, 0.1) is 10.1 Å². The first kappa shape index (κ1) is 23.9. The van der Waals surface area contributed by atoms with Crippen molar-refractivity contribution in [2.75, 3.05) is 6.61 Å². The molecule has 0 aromatic heterocycles. The Morgan fingerprint density at radius 1 is 1.09 bits per heavy atom. The number of benzene rings is 3. The first-order chi connectivity index (χ1) is 15.8. The molecule has 0 atom stereocenters. The molecule has 0 heterocycles. The zero-order valence-electron chi connectivity index (χ0n) is 16.7. The van der Waals surface area contributed by atoms with E-state index in [1.165, 1.54) is 30.5 Å². The van der Waals surface area contributed by atoms with Crippen LogP contribution in [0.2, 0.25) is 5.02 Å². The van der Waals surface area contributed by atoms with Crippen molar-refractivity contribution in [2.24, 2.45) is 5.10 Å². The average molecular weight is 533 g/mol. The number of amides is 1. The highest BCUT2D eigenvalue weighted by Crippen LogP contribution is 2.27. The molecule has 3 aromatic carbocycles. The number of nitro groups is 1. The van der Waals surface area contributed by atoms with Crippen molar-refractivity contribution in [3.05, 3.63) is 97.5 Å². The molecule has 0 saturated heterocycles. The highest BCUT2D eigenvalue weighted by atomic mass is 79.9. The summed E-state index contributed by atoms with van der Waals surface area (Å²) in [6.45, 7) is -0.241. The zero-order valence-corrected chi connectivity index (χ0v) is 19.1. The summed E-state index contributed by atoms with van der Waals surface area (Å²) in [5.74, 6) is -0.355. The summed E-state index contributed by atoms with van der Waals surface area (Å²) in [4.78, 5) is 34.1. The monoisotopic (exact) mass is 531 g/mol. The lowest BCUT2D eigenvalue weighted by Gasteiger charge is -2.07. The lowest BCUT2D eigenvalue weighted by molar-refractivity contribution is -0.384. The molecule has 168 valence electrons. The van der Waals surface area contributed by atoms with E-state index in [0.29, 0.717) is 20.8 Å². The van der Waals surface area contributed by atoms with Crippen LogP contribution in [-0.2, 0) is 4.79 Å². The molecule has 0 saturated carbocycles. The number of rotatable bonds is 8. The van der Waals surface area contributed by atoms with Gasteiger partial charge in [0.1, 0.15) is 11.5 Å². The van der Waals surface area contributed by atoms with E-state index in [-0.39, 0.29) is 23.6 Å². The van der Waals surface area contributed by atoms with Gasteiger partial charge in [0.15, 0.2) is 6.61 Å². The van der Waals surface area contributed by atoms with Gasteiger partial charge in [0.25, 0.3) is 11.6 Å². The molecule has 0 spiro atoms. The van der Waals surface area contributed by atoms with Crippen LogP contribution in [0.15, 0.2) is 76.3 Å². The Morgan fingerprint density at radius 2 is 1.79 bits per heavy atom. The minimum Gasteiger partial charge on any atom is -0.483 e. The van der Waals surface area contributed by atoms with Crippen molar-refractivity contribution in [3.8, 4) is 11.5 Å². The van der Waals surface area contributed by atoms with Crippen LogP contribution in [0.3, 0.4) is 0 Å². The number of hydrogen-bond acceptors (Lipinski definition) is 7. The van der Waals surface area contributed by atoms with E-state index in [1.54, 1.807) is 42.5 Å². The lowest BCUT2D eigenvalue weighted by Crippen LogP contribution is -2.24. The summed E-state index contributed by atoms with van der Waals surface area (Å²) in [5, 5.41) is 15.1. The van der Waals surface area contributed by atoms with Crippen LogP contribution in [0.25, 0.3) is 0 Å². The third-order valence-electron chi connectivity index (χ3n) is 4.06. The number of carbonyl (C=O) groups is 2. The average Bonchev–Trinajstić information content (AvgIpc) is 2.79. The van der Waals surface area contributed by atoms with E-state index in [2.05, 4.69) is 26.5 Å². The second-order valence-electron chi connectivity index (χ2n) is 6.42. The first-order valence-corrected chi connectivity index (χ1v) is 10.5. The molecule has 33 heavy (non-hydrogen) atoms.